The number of hydrazine groups is 1. The van der Waals surface area contributed by atoms with Gasteiger partial charge in [0.05, 0.1) is 16.2 Å². The number of carbonyl (C=O) groups is 1. The number of nitrogens with zero attached hydrogens (tertiary/aromatic N) is 2. The number of hydrogen-bond donors (Lipinski definition) is 3. The van der Waals surface area contributed by atoms with Crippen LogP contribution in [0.25, 0.3) is 0 Å². The van der Waals surface area contributed by atoms with Crippen molar-refractivity contribution < 1.29 is 9.72 Å². The fraction of sp³-hybridized carbons (Fsp3) is 0.462. The topological polar surface area (TPSA) is 114 Å². The summed E-state index contributed by atoms with van der Waals surface area (Å²) in [6, 6.07) is 4.26. The van der Waals surface area contributed by atoms with Crippen LogP contribution in [0.2, 0.25) is 0 Å². The second-order valence-corrected chi connectivity index (χ2v) is 5.12. The summed E-state index contributed by atoms with van der Waals surface area (Å²) in [6.45, 7) is 1.54. The van der Waals surface area contributed by atoms with E-state index in [9.17, 15) is 14.9 Å². The van der Waals surface area contributed by atoms with E-state index in [2.05, 4.69) is 15.6 Å². The molecule has 1 atom stereocenters. The van der Waals surface area contributed by atoms with Gasteiger partial charge in [0, 0.05) is 24.7 Å². The average molecular weight is 293 g/mol. The van der Waals surface area contributed by atoms with E-state index in [-0.39, 0.29) is 17.2 Å². The van der Waals surface area contributed by atoms with Gasteiger partial charge in [0.15, 0.2) is 0 Å². The van der Waals surface area contributed by atoms with E-state index in [1.165, 1.54) is 18.2 Å². The van der Waals surface area contributed by atoms with Crippen molar-refractivity contribution in [3.8, 4) is 0 Å². The van der Waals surface area contributed by atoms with Crippen molar-refractivity contribution in [1.82, 2.24) is 10.2 Å². The molecule has 1 aromatic carbocycles. The number of benzene rings is 1. The standard InChI is InChI=1S/C13H19N5O3/c1-17-6-2-3-10(17)8-15-13(19)11-7-9(18(20)21)4-5-12(11)16-14/h4-5,7,10,16H,2-3,6,8,14H2,1H3,(H,15,19). The van der Waals surface area contributed by atoms with Gasteiger partial charge in [0.25, 0.3) is 11.6 Å². The predicted molar refractivity (Wildman–Crippen MR) is 78.9 cm³/mol. The minimum atomic E-state index is -0.540. The zero-order valence-corrected chi connectivity index (χ0v) is 11.8. The third kappa shape index (κ3) is 3.47. The molecule has 0 spiro atoms. The summed E-state index contributed by atoms with van der Waals surface area (Å²) >= 11 is 0. The maximum Gasteiger partial charge on any atom is 0.270 e. The number of amides is 1. The van der Waals surface area contributed by atoms with Crippen LogP contribution < -0.4 is 16.6 Å². The third-order valence-corrected chi connectivity index (χ3v) is 3.78. The molecule has 0 radical (unpaired) electrons. The lowest BCUT2D eigenvalue weighted by Crippen LogP contribution is -2.38. The minimum absolute atomic E-state index is 0.142. The number of nitro benzene ring substituents is 1. The number of hydrogen-bond acceptors (Lipinski definition) is 6. The van der Waals surface area contributed by atoms with Crippen molar-refractivity contribution in [2.45, 2.75) is 18.9 Å². The first kappa shape index (κ1) is 15.2. The Morgan fingerprint density at radius 3 is 2.90 bits per heavy atom. The molecule has 0 saturated carbocycles. The Bertz CT molecular complexity index is 549. The first-order valence-electron chi connectivity index (χ1n) is 6.76. The average Bonchev–Trinajstić information content (AvgIpc) is 2.89. The van der Waals surface area contributed by atoms with Gasteiger partial charge >= 0.3 is 0 Å². The fourth-order valence-electron chi connectivity index (χ4n) is 2.50. The van der Waals surface area contributed by atoms with Crippen LogP contribution in [0.3, 0.4) is 0 Å². The van der Waals surface area contributed by atoms with E-state index in [1.807, 2.05) is 7.05 Å². The zero-order valence-electron chi connectivity index (χ0n) is 11.8. The van der Waals surface area contributed by atoms with Crippen molar-refractivity contribution in [2.75, 3.05) is 25.6 Å². The molecule has 0 aromatic heterocycles. The number of anilines is 1. The second-order valence-electron chi connectivity index (χ2n) is 5.12. The van der Waals surface area contributed by atoms with Crippen LogP contribution in [0.1, 0.15) is 23.2 Å². The maximum atomic E-state index is 12.2. The normalized spacial score (nSPS) is 18.5. The molecule has 8 heteroatoms. The fourth-order valence-corrected chi connectivity index (χ4v) is 2.50. The summed E-state index contributed by atoms with van der Waals surface area (Å²) < 4.78 is 0. The number of nitrogens with two attached hydrogens (primary N) is 1. The molecule has 0 bridgehead atoms. The van der Waals surface area contributed by atoms with Gasteiger partial charge in [-0.3, -0.25) is 20.8 Å². The maximum absolute atomic E-state index is 12.2. The molecule has 1 fully saturated rings. The third-order valence-electron chi connectivity index (χ3n) is 3.78. The number of non-ortho nitro benzene ring substituents is 1. The Labute approximate surface area is 122 Å². The van der Waals surface area contributed by atoms with Gasteiger partial charge in [-0.1, -0.05) is 0 Å². The smallest absolute Gasteiger partial charge is 0.270 e. The van der Waals surface area contributed by atoms with Crippen LogP contribution in [-0.4, -0.2) is 41.9 Å². The Kier molecular flexibility index (Phi) is 4.71. The molecule has 1 aliphatic heterocycles. The Hall–Kier alpha value is -2.19. The Morgan fingerprint density at radius 2 is 2.33 bits per heavy atom. The van der Waals surface area contributed by atoms with Crippen molar-refractivity contribution in [2.24, 2.45) is 5.84 Å². The quantitative estimate of drug-likeness (QED) is 0.418. The molecule has 8 nitrogen and oxygen atoms in total. The van der Waals surface area contributed by atoms with Crippen molar-refractivity contribution in [1.29, 1.82) is 0 Å². The number of nitro groups is 1. The molecule has 21 heavy (non-hydrogen) atoms. The highest BCUT2D eigenvalue weighted by Gasteiger charge is 2.22. The molecule has 1 saturated heterocycles. The molecule has 4 N–H and O–H groups in total. The number of likely N-dealkylation sites (tertiary alicyclic amines) is 1. The van der Waals surface area contributed by atoms with E-state index in [1.54, 1.807) is 0 Å². The summed E-state index contributed by atoms with van der Waals surface area (Å²) in [4.78, 5) is 24.7. The van der Waals surface area contributed by atoms with Gasteiger partial charge in [0.1, 0.15) is 0 Å². The van der Waals surface area contributed by atoms with Gasteiger partial charge in [-0.2, -0.15) is 0 Å². The van der Waals surface area contributed by atoms with Crippen molar-refractivity contribution in [3.63, 3.8) is 0 Å². The van der Waals surface area contributed by atoms with Gasteiger partial charge in [0.2, 0.25) is 0 Å². The lowest BCUT2D eigenvalue weighted by Gasteiger charge is -2.20. The molecule has 1 heterocycles. The van der Waals surface area contributed by atoms with Crippen molar-refractivity contribution >= 4 is 17.3 Å². The van der Waals surface area contributed by atoms with Crippen LogP contribution >= 0.6 is 0 Å². The number of carbonyl (C=O) groups excluding carboxylic acids is 1. The van der Waals surface area contributed by atoms with Crippen LogP contribution in [0.5, 0.6) is 0 Å². The van der Waals surface area contributed by atoms with Crippen molar-refractivity contribution in [3.05, 3.63) is 33.9 Å². The number of rotatable bonds is 5. The molecule has 1 aliphatic rings. The number of nitrogens with one attached hydrogen (secondary N) is 2. The predicted octanol–water partition coefficient (Wildman–Crippen LogP) is 0.704. The SMILES string of the molecule is CN1CCCC1CNC(=O)c1cc([N+](=O)[O-])ccc1NN. The minimum Gasteiger partial charge on any atom is -0.350 e. The van der Waals surface area contributed by atoms with Gasteiger partial charge < -0.3 is 15.6 Å². The Balaban J connectivity index is 2.10. The summed E-state index contributed by atoms with van der Waals surface area (Å²) in [7, 11) is 2.02. The van der Waals surface area contributed by atoms with E-state index < -0.39 is 4.92 Å². The molecular weight excluding hydrogens is 274 g/mol. The van der Waals surface area contributed by atoms with Gasteiger partial charge in [-0.05, 0) is 32.5 Å². The summed E-state index contributed by atoms with van der Waals surface area (Å²) in [5, 5.41) is 13.6. The lowest BCUT2D eigenvalue weighted by atomic mass is 10.1. The monoisotopic (exact) mass is 293 g/mol. The highest BCUT2D eigenvalue weighted by molar-refractivity contribution is 6.00. The number of nitrogen functional groups attached to an aromatic ring is 1. The highest BCUT2D eigenvalue weighted by Crippen LogP contribution is 2.21. The van der Waals surface area contributed by atoms with Crippen LogP contribution in [-0.2, 0) is 0 Å². The summed E-state index contributed by atoms with van der Waals surface area (Å²) in [6.07, 6.45) is 2.15. The first-order chi connectivity index (χ1) is 10.0. The second kappa shape index (κ2) is 6.51. The highest BCUT2D eigenvalue weighted by atomic mass is 16.6. The molecule has 1 amide bonds. The largest absolute Gasteiger partial charge is 0.350 e. The van der Waals surface area contributed by atoms with Gasteiger partial charge in [-0.25, -0.2) is 0 Å². The van der Waals surface area contributed by atoms with Crippen LogP contribution in [0.4, 0.5) is 11.4 Å². The van der Waals surface area contributed by atoms with E-state index in [4.69, 9.17) is 5.84 Å². The van der Waals surface area contributed by atoms with E-state index in [0.717, 1.165) is 19.4 Å². The first-order valence-corrected chi connectivity index (χ1v) is 6.76. The summed E-state index contributed by atoms with van der Waals surface area (Å²) in [5.41, 5.74) is 2.78. The molecule has 114 valence electrons. The van der Waals surface area contributed by atoms with E-state index >= 15 is 0 Å². The Morgan fingerprint density at radius 1 is 1.57 bits per heavy atom. The van der Waals surface area contributed by atoms with Crippen LogP contribution in [0.15, 0.2) is 18.2 Å². The number of likely N-dealkylation sites (N-methyl/N-ethyl adjacent to an activating group) is 1. The van der Waals surface area contributed by atoms with E-state index in [0.29, 0.717) is 18.3 Å². The molecule has 0 aliphatic carbocycles. The molecular formula is C13H19N5O3. The molecule has 2 rings (SSSR count). The van der Waals surface area contributed by atoms with Gasteiger partial charge in [-0.15, -0.1) is 0 Å². The lowest BCUT2D eigenvalue weighted by molar-refractivity contribution is -0.384. The summed E-state index contributed by atoms with van der Waals surface area (Å²) in [5.74, 6) is 4.98. The zero-order chi connectivity index (χ0) is 15.4. The van der Waals surface area contributed by atoms with Crippen LogP contribution in [0, 0.1) is 10.1 Å². The molecule has 1 aromatic rings. The molecule has 1 unspecified atom stereocenters.